The zero-order chi connectivity index (χ0) is 9.14. The molecule has 0 spiro atoms. The van der Waals surface area contributed by atoms with Gasteiger partial charge in [-0.25, -0.2) is 4.98 Å². The van der Waals surface area contributed by atoms with Crippen molar-refractivity contribution in [2.45, 2.75) is 4.90 Å². The fourth-order valence-corrected chi connectivity index (χ4v) is 1.31. The van der Waals surface area contributed by atoms with Crippen molar-refractivity contribution < 1.29 is 32.4 Å². The predicted molar refractivity (Wildman–Crippen MR) is 43.0 cm³/mol. The molecular weight excluding hydrogens is 209 g/mol. The molecule has 13 heavy (non-hydrogen) atoms. The van der Waals surface area contributed by atoms with E-state index in [9.17, 15) is 8.76 Å². The molecule has 1 rings (SSSR count). The number of rotatable bonds is 2. The van der Waals surface area contributed by atoms with Crippen molar-refractivity contribution in [2.24, 2.45) is 0 Å². The summed E-state index contributed by atoms with van der Waals surface area (Å²) in [5, 5.41) is 0.180. The molecule has 0 N–H and O–H groups in total. The fraction of sp³-hybridized carbons (Fsp3) is 0.167. The zero-order valence-electron chi connectivity index (χ0n) is 7.11. The van der Waals surface area contributed by atoms with Crippen LogP contribution in [-0.4, -0.2) is 20.9 Å². The van der Waals surface area contributed by atoms with Crippen LogP contribution in [0.5, 0.6) is 5.88 Å². The predicted octanol–water partition coefficient (Wildman–Crippen LogP) is -2.01. The third-order valence-corrected chi connectivity index (χ3v) is 2.05. The molecule has 1 heterocycles. The summed E-state index contributed by atoms with van der Waals surface area (Å²) in [6, 6.07) is 1.27. The monoisotopic (exact) mass is 213 g/mol. The van der Waals surface area contributed by atoms with Gasteiger partial charge < -0.3 is 9.29 Å². The molecule has 0 aromatic carbocycles. The number of hydrogen-bond acceptors (Lipinski definition) is 4. The summed E-state index contributed by atoms with van der Waals surface area (Å²) in [6.45, 7) is 0. The number of methoxy groups -OCH3 is 1. The van der Waals surface area contributed by atoms with Crippen molar-refractivity contribution in [1.29, 1.82) is 0 Å². The van der Waals surface area contributed by atoms with Gasteiger partial charge in [0, 0.05) is 11.1 Å². The minimum absolute atomic E-state index is 0. The molecule has 0 saturated heterocycles. The van der Waals surface area contributed by atoms with E-state index >= 15 is 0 Å². The first-order valence-electron chi connectivity index (χ1n) is 2.94. The second kappa shape index (κ2) is 5.63. The Labute approximate surface area is 95.1 Å². The van der Waals surface area contributed by atoms with Gasteiger partial charge >= 0.3 is 18.9 Å². The third kappa shape index (κ3) is 3.29. The van der Waals surface area contributed by atoms with Gasteiger partial charge in [0.2, 0.25) is 5.88 Å². The van der Waals surface area contributed by atoms with Crippen LogP contribution < -0.4 is 23.6 Å². The SMILES string of the molecule is COc1ncc(S(=O)[O-])cc1Cl.[Li+]. The van der Waals surface area contributed by atoms with Crippen molar-refractivity contribution in [3.8, 4) is 5.88 Å². The van der Waals surface area contributed by atoms with Gasteiger partial charge in [-0.15, -0.1) is 0 Å². The molecule has 1 aromatic heterocycles. The van der Waals surface area contributed by atoms with Gasteiger partial charge in [0.1, 0.15) is 5.02 Å². The fourth-order valence-electron chi connectivity index (χ4n) is 0.649. The van der Waals surface area contributed by atoms with E-state index in [1.54, 1.807) is 0 Å². The molecule has 66 valence electrons. The van der Waals surface area contributed by atoms with Crippen molar-refractivity contribution in [3.63, 3.8) is 0 Å². The molecule has 7 heteroatoms. The molecule has 0 aliphatic carbocycles. The van der Waals surface area contributed by atoms with E-state index in [0.717, 1.165) is 0 Å². The van der Waals surface area contributed by atoms with E-state index in [0.29, 0.717) is 0 Å². The summed E-state index contributed by atoms with van der Waals surface area (Å²) >= 11 is 3.31. The Morgan fingerprint density at radius 3 is 2.69 bits per heavy atom. The van der Waals surface area contributed by atoms with Crippen molar-refractivity contribution in [1.82, 2.24) is 4.98 Å². The Bertz CT molecular complexity index is 323. The standard InChI is InChI=1S/C6H6ClNO3S.Li/c1-11-6-5(7)2-4(3-8-6)12(9)10;/h2-3H,1H3,(H,9,10);/q;+1/p-1. The van der Waals surface area contributed by atoms with E-state index in [4.69, 9.17) is 16.3 Å². The third-order valence-electron chi connectivity index (χ3n) is 1.17. The molecule has 0 radical (unpaired) electrons. The van der Waals surface area contributed by atoms with Gasteiger partial charge in [-0.1, -0.05) is 11.6 Å². The molecule has 1 unspecified atom stereocenters. The molecular formula is C6H5ClLiNO3S. The van der Waals surface area contributed by atoms with Crippen LogP contribution in [0.2, 0.25) is 5.02 Å². The molecule has 0 saturated carbocycles. The Morgan fingerprint density at radius 1 is 1.69 bits per heavy atom. The maximum atomic E-state index is 10.4. The largest absolute Gasteiger partial charge is 1.00 e. The minimum atomic E-state index is -2.30. The molecule has 0 aliphatic heterocycles. The van der Waals surface area contributed by atoms with Crippen LogP contribution in [0, 0.1) is 0 Å². The number of halogens is 1. The van der Waals surface area contributed by atoms with E-state index in [1.165, 1.54) is 19.4 Å². The van der Waals surface area contributed by atoms with Crippen LogP contribution in [0.4, 0.5) is 0 Å². The van der Waals surface area contributed by atoms with Crippen LogP contribution in [0.1, 0.15) is 0 Å². The smallest absolute Gasteiger partial charge is 0.768 e. The summed E-state index contributed by atoms with van der Waals surface area (Å²) in [5.41, 5.74) is 0. The molecule has 0 aliphatic rings. The maximum absolute atomic E-state index is 10.4. The Morgan fingerprint density at radius 2 is 2.31 bits per heavy atom. The van der Waals surface area contributed by atoms with E-state index < -0.39 is 11.1 Å². The van der Waals surface area contributed by atoms with E-state index in [2.05, 4.69) is 4.98 Å². The normalized spacial score (nSPS) is 11.6. The van der Waals surface area contributed by atoms with Gasteiger partial charge in [-0.05, 0) is 17.1 Å². The first-order valence-corrected chi connectivity index (χ1v) is 4.39. The Balaban J connectivity index is 0.00000144. The quantitative estimate of drug-likeness (QED) is 0.421. The number of hydrogen-bond donors (Lipinski definition) is 0. The molecule has 0 fully saturated rings. The molecule has 4 nitrogen and oxygen atoms in total. The van der Waals surface area contributed by atoms with Gasteiger partial charge in [-0.2, -0.15) is 0 Å². The molecule has 0 amide bonds. The average Bonchev–Trinajstić information content (AvgIpc) is 2.04. The number of aromatic nitrogens is 1. The molecule has 0 bridgehead atoms. The minimum Gasteiger partial charge on any atom is -0.768 e. The van der Waals surface area contributed by atoms with Crippen molar-refractivity contribution in [3.05, 3.63) is 17.3 Å². The summed E-state index contributed by atoms with van der Waals surface area (Å²) < 4.78 is 25.6. The average molecular weight is 214 g/mol. The second-order valence-electron chi connectivity index (χ2n) is 1.90. The number of pyridine rings is 1. The van der Waals surface area contributed by atoms with Gasteiger partial charge in [0.15, 0.2) is 0 Å². The number of nitrogens with zero attached hydrogens (tertiary/aromatic N) is 1. The summed E-state index contributed by atoms with van der Waals surface area (Å²) in [7, 11) is 1.40. The van der Waals surface area contributed by atoms with Crippen LogP contribution >= 0.6 is 11.6 Å². The number of ether oxygens (including phenoxy) is 1. The van der Waals surface area contributed by atoms with Crippen molar-refractivity contribution >= 4 is 22.7 Å². The van der Waals surface area contributed by atoms with Crippen LogP contribution in [0.25, 0.3) is 0 Å². The maximum Gasteiger partial charge on any atom is 1.00 e. The van der Waals surface area contributed by atoms with Crippen LogP contribution in [0.15, 0.2) is 17.2 Å². The first kappa shape index (κ1) is 12.9. The topological polar surface area (TPSA) is 62.2 Å². The van der Waals surface area contributed by atoms with Gasteiger partial charge in [-0.3, -0.25) is 4.21 Å². The Kier molecular flexibility index (Phi) is 5.61. The van der Waals surface area contributed by atoms with E-state index in [1.807, 2.05) is 0 Å². The van der Waals surface area contributed by atoms with E-state index in [-0.39, 0.29) is 34.7 Å². The van der Waals surface area contributed by atoms with Gasteiger partial charge in [0.05, 0.1) is 7.11 Å². The van der Waals surface area contributed by atoms with Gasteiger partial charge in [0.25, 0.3) is 0 Å². The summed E-state index contributed by atoms with van der Waals surface area (Å²) in [4.78, 5) is 3.71. The molecule has 1 aromatic rings. The molecule has 1 atom stereocenters. The van der Waals surface area contributed by atoms with Crippen molar-refractivity contribution in [2.75, 3.05) is 7.11 Å². The Hall–Kier alpha value is -0.0526. The second-order valence-corrected chi connectivity index (χ2v) is 3.24. The summed E-state index contributed by atoms with van der Waals surface area (Å²) in [5.74, 6) is 0.214. The summed E-state index contributed by atoms with van der Waals surface area (Å²) in [6.07, 6.45) is 1.17. The van der Waals surface area contributed by atoms with Crippen LogP contribution in [0.3, 0.4) is 0 Å². The van der Waals surface area contributed by atoms with Crippen LogP contribution in [-0.2, 0) is 11.1 Å². The zero-order valence-corrected chi connectivity index (χ0v) is 8.69. The first-order chi connectivity index (χ1) is 5.65.